The van der Waals surface area contributed by atoms with Gasteiger partial charge in [0.05, 0.1) is 0 Å². The van der Waals surface area contributed by atoms with Crippen LogP contribution >= 0.6 is 0 Å². The lowest BCUT2D eigenvalue weighted by Gasteiger charge is -2.36. The molecule has 1 atom stereocenters. The van der Waals surface area contributed by atoms with Gasteiger partial charge in [0.2, 0.25) is 11.8 Å². The molecule has 3 nitrogen and oxygen atoms in total. The number of rotatable bonds is 3. The molecule has 5 heteroatoms. The van der Waals surface area contributed by atoms with Crippen LogP contribution in [-0.2, 0) is 4.79 Å². The molecule has 2 aliphatic carbocycles. The molecule has 108 valence electrons. The first-order valence-corrected chi connectivity index (χ1v) is 7.42. The highest BCUT2D eigenvalue weighted by atomic mass is 19.3. The summed E-state index contributed by atoms with van der Waals surface area (Å²) in [6.07, 6.45) is 2.85. The van der Waals surface area contributed by atoms with Crippen molar-refractivity contribution in [2.24, 2.45) is 11.8 Å². The minimum absolute atomic E-state index is 0.0498. The van der Waals surface area contributed by atoms with Gasteiger partial charge in [-0.3, -0.25) is 9.69 Å². The zero-order valence-corrected chi connectivity index (χ0v) is 11.3. The first-order valence-electron chi connectivity index (χ1n) is 7.42. The molecule has 0 aromatic carbocycles. The molecule has 3 rings (SSSR count). The number of halogens is 2. The maximum absolute atomic E-state index is 13.1. The summed E-state index contributed by atoms with van der Waals surface area (Å²) in [5.41, 5.74) is 0. The maximum atomic E-state index is 13.1. The van der Waals surface area contributed by atoms with Crippen LogP contribution < -0.4 is 0 Å². The first-order chi connectivity index (χ1) is 9.03. The topological polar surface area (TPSA) is 23.6 Å². The third kappa shape index (κ3) is 3.25. The highest BCUT2D eigenvalue weighted by Crippen LogP contribution is 2.39. The lowest BCUT2D eigenvalue weighted by Crippen LogP contribution is -2.50. The van der Waals surface area contributed by atoms with E-state index in [1.54, 1.807) is 0 Å². The van der Waals surface area contributed by atoms with Gasteiger partial charge in [-0.1, -0.05) is 0 Å². The van der Waals surface area contributed by atoms with Crippen molar-refractivity contribution in [3.05, 3.63) is 0 Å². The molecule has 2 saturated carbocycles. The fourth-order valence-electron chi connectivity index (χ4n) is 3.30. The number of hydrogen-bond donors (Lipinski definition) is 0. The van der Waals surface area contributed by atoms with E-state index in [4.69, 9.17) is 0 Å². The highest BCUT2D eigenvalue weighted by Gasteiger charge is 2.40. The average molecular weight is 272 g/mol. The number of amides is 1. The minimum Gasteiger partial charge on any atom is -0.340 e. The van der Waals surface area contributed by atoms with Crippen LogP contribution in [0.3, 0.4) is 0 Å². The van der Waals surface area contributed by atoms with Crippen LogP contribution in [0.15, 0.2) is 0 Å². The summed E-state index contributed by atoms with van der Waals surface area (Å²) in [4.78, 5) is 16.1. The van der Waals surface area contributed by atoms with E-state index in [1.165, 1.54) is 0 Å². The molecular weight excluding hydrogens is 250 g/mol. The molecule has 1 aliphatic heterocycles. The lowest BCUT2D eigenvalue weighted by molar-refractivity contribution is -0.134. The molecule has 0 N–H and O–H groups in total. The number of hydrogen-bond acceptors (Lipinski definition) is 2. The van der Waals surface area contributed by atoms with Crippen LogP contribution in [0.1, 0.15) is 32.1 Å². The zero-order chi connectivity index (χ0) is 13.5. The Hall–Kier alpha value is -0.710. The Bertz CT molecular complexity index is 349. The quantitative estimate of drug-likeness (QED) is 0.784. The summed E-state index contributed by atoms with van der Waals surface area (Å²) >= 11 is 0. The summed E-state index contributed by atoms with van der Waals surface area (Å²) in [5, 5.41) is 0. The van der Waals surface area contributed by atoms with Crippen molar-refractivity contribution in [1.82, 2.24) is 9.80 Å². The van der Waals surface area contributed by atoms with Gasteiger partial charge >= 0.3 is 0 Å². The number of alkyl halides is 2. The van der Waals surface area contributed by atoms with E-state index < -0.39 is 5.92 Å². The van der Waals surface area contributed by atoms with Crippen molar-refractivity contribution in [3.63, 3.8) is 0 Å². The van der Waals surface area contributed by atoms with Gasteiger partial charge < -0.3 is 4.90 Å². The van der Waals surface area contributed by atoms with E-state index >= 15 is 0 Å². The van der Waals surface area contributed by atoms with Crippen LogP contribution in [0, 0.1) is 11.8 Å². The van der Waals surface area contributed by atoms with Gasteiger partial charge in [0, 0.05) is 51.5 Å². The molecule has 0 spiro atoms. The largest absolute Gasteiger partial charge is 0.340 e. The molecule has 19 heavy (non-hydrogen) atoms. The van der Waals surface area contributed by atoms with Crippen molar-refractivity contribution in [2.75, 3.05) is 32.7 Å². The molecule has 1 amide bonds. The number of piperazine rings is 1. The van der Waals surface area contributed by atoms with Crippen LogP contribution in [0.5, 0.6) is 0 Å². The van der Waals surface area contributed by atoms with Crippen molar-refractivity contribution in [2.45, 2.75) is 38.0 Å². The predicted octanol–water partition coefficient (Wildman–Crippen LogP) is 1.98. The molecule has 1 saturated heterocycles. The van der Waals surface area contributed by atoms with E-state index in [2.05, 4.69) is 4.90 Å². The Balaban J connectivity index is 1.42. The number of nitrogens with zero attached hydrogens (tertiary/aromatic N) is 2. The SMILES string of the molecule is O=C(C1CC1)N1CCN(C[C@H]2CCC(F)(F)C2)CC1. The van der Waals surface area contributed by atoms with Gasteiger partial charge in [0.15, 0.2) is 0 Å². The van der Waals surface area contributed by atoms with Crippen LogP contribution in [0.25, 0.3) is 0 Å². The normalized spacial score (nSPS) is 31.7. The maximum Gasteiger partial charge on any atom is 0.248 e. The molecule has 3 aliphatic rings. The van der Waals surface area contributed by atoms with E-state index in [-0.39, 0.29) is 18.8 Å². The van der Waals surface area contributed by atoms with Crippen LogP contribution in [0.2, 0.25) is 0 Å². The summed E-state index contributed by atoms with van der Waals surface area (Å²) in [5.74, 6) is -1.69. The van der Waals surface area contributed by atoms with Crippen molar-refractivity contribution in [3.8, 4) is 0 Å². The first kappa shape index (κ1) is 13.3. The average Bonchev–Trinajstić information content (AvgIpc) is 3.15. The minimum atomic E-state index is -2.44. The van der Waals surface area contributed by atoms with E-state index in [0.29, 0.717) is 18.2 Å². The third-order valence-electron chi connectivity index (χ3n) is 4.63. The van der Waals surface area contributed by atoms with Crippen molar-refractivity contribution in [1.29, 1.82) is 0 Å². The standard InChI is InChI=1S/C14H22F2N2O/c15-14(16)4-3-11(9-14)10-17-5-7-18(8-6-17)13(19)12-1-2-12/h11-12H,1-10H2/t11-/m0/s1. The van der Waals surface area contributed by atoms with E-state index in [1.807, 2.05) is 4.90 Å². The number of carbonyl (C=O) groups is 1. The van der Waals surface area contributed by atoms with Crippen LogP contribution in [-0.4, -0.2) is 54.4 Å². The van der Waals surface area contributed by atoms with Gasteiger partial charge in [-0.15, -0.1) is 0 Å². The van der Waals surface area contributed by atoms with Gasteiger partial charge in [-0.2, -0.15) is 0 Å². The Kier molecular flexibility index (Phi) is 3.50. The molecule has 0 unspecified atom stereocenters. The molecule has 1 heterocycles. The van der Waals surface area contributed by atoms with Crippen molar-refractivity contribution >= 4 is 5.91 Å². The molecule has 0 bridgehead atoms. The monoisotopic (exact) mass is 272 g/mol. The van der Waals surface area contributed by atoms with Gasteiger partial charge in [0.25, 0.3) is 0 Å². The highest BCUT2D eigenvalue weighted by molar-refractivity contribution is 5.81. The molecule has 0 aromatic rings. The molecular formula is C14H22F2N2O. The lowest BCUT2D eigenvalue weighted by atomic mass is 10.1. The van der Waals surface area contributed by atoms with Gasteiger partial charge in [-0.25, -0.2) is 8.78 Å². The fraction of sp³-hybridized carbons (Fsp3) is 0.929. The fourth-order valence-corrected chi connectivity index (χ4v) is 3.30. The van der Waals surface area contributed by atoms with Crippen LogP contribution in [0.4, 0.5) is 8.78 Å². The Morgan fingerprint density at radius 1 is 1.11 bits per heavy atom. The summed E-state index contributed by atoms with van der Waals surface area (Å²) in [6.45, 7) is 4.03. The molecule has 0 aromatic heterocycles. The van der Waals surface area contributed by atoms with E-state index in [0.717, 1.165) is 45.6 Å². The summed E-state index contributed by atoms with van der Waals surface area (Å²) < 4.78 is 26.3. The second-order valence-electron chi connectivity index (χ2n) is 6.36. The van der Waals surface area contributed by atoms with Gasteiger partial charge in [0.1, 0.15) is 0 Å². The van der Waals surface area contributed by atoms with Crippen molar-refractivity contribution < 1.29 is 13.6 Å². The Labute approximate surface area is 112 Å². The second-order valence-corrected chi connectivity index (χ2v) is 6.36. The summed E-state index contributed by atoms with van der Waals surface area (Å²) in [6, 6.07) is 0. The Morgan fingerprint density at radius 3 is 2.32 bits per heavy atom. The predicted molar refractivity (Wildman–Crippen MR) is 68.0 cm³/mol. The third-order valence-corrected chi connectivity index (χ3v) is 4.63. The summed E-state index contributed by atoms with van der Waals surface area (Å²) in [7, 11) is 0. The Morgan fingerprint density at radius 2 is 1.79 bits per heavy atom. The number of carbonyl (C=O) groups excluding carboxylic acids is 1. The molecule has 3 fully saturated rings. The van der Waals surface area contributed by atoms with Gasteiger partial charge in [-0.05, 0) is 25.2 Å². The van der Waals surface area contributed by atoms with E-state index in [9.17, 15) is 13.6 Å². The zero-order valence-electron chi connectivity index (χ0n) is 11.3. The second kappa shape index (κ2) is 5.00. The molecule has 0 radical (unpaired) electrons. The smallest absolute Gasteiger partial charge is 0.248 e.